The fourth-order valence-corrected chi connectivity index (χ4v) is 4.28. The van der Waals surface area contributed by atoms with E-state index in [1.165, 1.54) is 17.5 Å². The molecule has 0 aliphatic rings. The van der Waals surface area contributed by atoms with Gasteiger partial charge in [0.25, 0.3) is 11.8 Å². The zero-order valence-electron chi connectivity index (χ0n) is 18.3. The Morgan fingerprint density at radius 3 is 2.85 bits per heavy atom. The zero-order valence-corrected chi connectivity index (χ0v) is 19.1. The van der Waals surface area contributed by atoms with Crippen molar-refractivity contribution in [2.45, 2.75) is 26.8 Å². The van der Waals surface area contributed by atoms with E-state index in [-0.39, 0.29) is 24.1 Å². The molecule has 9 nitrogen and oxygen atoms in total. The number of nitrogen functional groups attached to an aromatic ring is 1. The van der Waals surface area contributed by atoms with Crippen molar-refractivity contribution in [2.75, 3.05) is 12.3 Å². The Bertz CT molecular complexity index is 1370. The zero-order chi connectivity index (χ0) is 23.5. The summed E-state index contributed by atoms with van der Waals surface area (Å²) < 4.78 is 2.57. The molecule has 0 saturated heterocycles. The molecule has 0 unspecified atom stereocenters. The van der Waals surface area contributed by atoms with Crippen LogP contribution in [-0.4, -0.2) is 43.6 Å². The first-order chi connectivity index (χ1) is 15.8. The van der Waals surface area contributed by atoms with Crippen molar-refractivity contribution in [3.8, 4) is 0 Å². The molecule has 0 bridgehead atoms. The SMILES string of the molecule is CC(C)C/C(CO)=N\C(=O)c1cn2cccc(C(=O)NCc3ccc4nc(N)sc4c3)c2n1. The molecule has 2 amide bonds. The number of aliphatic hydroxyl groups excluding tert-OH is 1. The molecule has 4 aromatic rings. The monoisotopic (exact) mass is 464 g/mol. The van der Waals surface area contributed by atoms with Crippen molar-refractivity contribution in [3.05, 3.63) is 59.5 Å². The number of fused-ring (bicyclic) bond motifs is 2. The van der Waals surface area contributed by atoms with Gasteiger partial charge in [0.05, 0.1) is 22.4 Å². The standard InChI is InChI=1S/C23H24N6O3S/c1-13(2)8-15(12-30)26-22(32)18-11-29-7-3-4-16(20(29)27-18)21(31)25-10-14-5-6-17-19(9-14)33-23(24)28-17/h3-7,9,11,13,30H,8,10,12H2,1-2H3,(H2,24,28)(H,25,31)/b26-15+. The van der Waals surface area contributed by atoms with Crippen LogP contribution in [0.15, 0.2) is 47.7 Å². The number of thiazole rings is 1. The minimum absolute atomic E-state index is 0.109. The topological polar surface area (TPSA) is 135 Å². The highest BCUT2D eigenvalue weighted by Gasteiger charge is 2.17. The van der Waals surface area contributed by atoms with Crippen LogP contribution in [0.2, 0.25) is 0 Å². The van der Waals surface area contributed by atoms with Gasteiger partial charge in [-0.15, -0.1) is 0 Å². The summed E-state index contributed by atoms with van der Waals surface area (Å²) >= 11 is 1.40. The Kier molecular flexibility index (Phi) is 6.47. The van der Waals surface area contributed by atoms with Gasteiger partial charge in [0, 0.05) is 24.7 Å². The second-order valence-corrected chi connectivity index (χ2v) is 9.12. The van der Waals surface area contributed by atoms with E-state index in [1.807, 2.05) is 32.0 Å². The van der Waals surface area contributed by atoms with Crippen LogP contribution in [-0.2, 0) is 6.54 Å². The summed E-state index contributed by atoms with van der Waals surface area (Å²) in [5.41, 5.74) is 8.71. The molecule has 1 aromatic carbocycles. The number of nitrogens with two attached hydrogens (primary N) is 1. The van der Waals surface area contributed by atoms with Crippen LogP contribution in [0, 0.1) is 5.92 Å². The van der Waals surface area contributed by atoms with E-state index >= 15 is 0 Å². The molecule has 0 atom stereocenters. The smallest absolute Gasteiger partial charge is 0.297 e. The summed E-state index contributed by atoms with van der Waals surface area (Å²) in [5, 5.41) is 12.9. The van der Waals surface area contributed by atoms with Crippen LogP contribution in [0.3, 0.4) is 0 Å². The molecule has 170 valence electrons. The average molecular weight is 465 g/mol. The van der Waals surface area contributed by atoms with E-state index in [0.29, 0.717) is 35.0 Å². The fraction of sp³-hybridized carbons (Fsp3) is 0.261. The molecule has 4 rings (SSSR count). The van der Waals surface area contributed by atoms with Crippen molar-refractivity contribution < 1.29 is 14.7 Å². The number of hydrogen-bond acceptors (Lipinski definition) is 7. The maximum absolute atomic E-state index is 12.9. The van der Waals surface area contributed by atoms with E-state index < -0.39 is 5.91 Å². The van der Waals surface area contributed by atoms with Crippen LogP contribution in [0.1, 0.15) is 46.7 Å². The van der Waals surface area contributed by atoms with Gasteiger partial charge < -0.3 is 20.6 Å². The summed E-state index contributed by atoms with van der Waals surface area (Å²) in [7, 11) is 0. The minimum Gasteiger partial charge on any atom is -0.390 e. The van der Waals surface area contributed by atoms with Crippen LogP contribution in [0.25, 0.3) is 15.9 Å². The second-order valence-electron chi connectivity index (χ2n) is 8.06. The van der Waals surface area contributed by atoms with Gasteiger partial charge in [-0.05, 0) is 42.2 Å². The number of anilines is 1. The molecule has 0 saturated carbocycles. The molecule has 0 aliphatic carbocycles. The fourth-order valence-electron chi connectivity index (χ4n) is 3.49. The average Bonchev–Trinajstić information content (AvgIpc) is 3.38. The maximum atomic E-state index is 12.9. The molecule has 0 aliphatic heterocycles. The van der Waals surface area contributed by atoms with Crippen LogP contribution in [0.5, 0.6) is 0 Å². The van der Waals surface area contributed by atoms with Crippen molar-refractivity contribution >= 4 is 49.9 Å². The van der Waals surface area contributed by atoms with Gasteiger partial charge in [-0.3, -0.25) is 9.59 Å². The van der Waals surface area contributed by atoms with E-state index in [4.69, 9.17) is 5.73 Å². The first kappa shape index (κ1) is 22.6. The molecule has 3 heterocycles. The van der Waals surface area contributed by atoms with Gasteiger partial charge in [-0.1, -0.05) is 31.3 Å². The molecule has 0 spiro atoms. The highest BCUT2D eigenvalue weighted by molar-refractivity contribution is 7.22. The van der Waals surface area contributed by atoms with Gasteiger partial charge >= 0.3 is 0 Å². The number of hydrogen-bond donors (Lipinski definition) is 3. The number of aliphatic hydroxyl groups is 1. The third-order valence-electron chi connectivity index (χ3n) is 4.96. The molecule has 3 aromatic heterocycles. The predicted molar refractivity (Wildman–Crippen MR) is 129 cm³/mol. The van der Waals surface area contributed by atoms with E-state index in [0.717, 1.165) is 15.8 Å². The first-order valence-electron chi connectivity index (χ1n) is 10.5. The number of aliphatic imine (C=N–C) groups is 1. The lowest BCUT2D eigenvalue weighted by molar-refractivity contribution is 0.0950. The van der Waals surface area contributed by atoms with Crippen molar-refractivity contribution in [1.82, 2.24) is 19.7 Å². The Morgan fingerprint density at radius 2 is 2.09 bits per heavy atom. The maximum Gasteiger partial charge on any atom is 0.297 e. The lowest BCUT2D eigenvalue weighted by Gasteiger charge is -2.06. The van der Waals surface area contributed by atoms with Crippen molar-refractivity contribution in [1.29, 1.82) is 0 Å². The Hall–Kier alpha value is -3.63. The van der Waals surface area contributed by atoms with Gasteiger partial charge in [0.15, 0.2) is 10.8 Å². The molecule has 4 N–H and O–H groups in total. The number of amides is 2. The Balaban J connectivity index is 1.53. The largest absolute Gasteiger partial charge is 0.390 e. The van der Waals surface area contributed by atoms with E-state index in [9.17, 15) is 14.7 Å². The second kappa shape index (κ2) is 9.47. The van der Waals surface area contributed by atoms with Crippen molar-refractivity contribution in [2.24, 2.45) is 10.9 Å². The van der Waals surface area contributed by atoms with Gasteiger partial charge in [-0.2, -0.15) is 0 Å². The summed E-state index contributed by atoms with van der Waals surface area (Å²) in [4.78, 5) is 38.1. The normalized spacial score (nSPS) is 12.1. The van der Waals surface area contributed by atoms with E-state index in [1.54, 1.807) is 22.7 Å². The number of imidazole rings is 1. The van der Waals surface area contributed by atoms with Gasteiger partial charge in [0.1, 0.15) is 5.69 Å². The number of rotatable bonds is 7. The highest BCUT2D eigenvalue weighted by atomic mass is 32.1. The predicted octanol–water partition coefficient (Wildman–Crippen LogP) is 3.08. The summed E-state index contributed by atoms with van der Waals surface area (Å²) in [6.07, 6.45) is 3.76. The van der Waals surface area contributed by atoms with Gasteiger partial charge in [-0.25, -0.2) is 15.0 Å². The number of aromatic nitrogens is 3. The van der Waals surface area contributed by atoms with Gasteiger partial charge in [0.2, 0.25) is 0 Å². The first-order valence-corrected chi connectivity index (χ1v) is 11.3. The Labute approximate surface area is 194 Å². The quantitative estimate of drug-likeness (QED) is 0.360. The van der Waals surface area contributed by atoms with Crippen molar-refractivity contribution in [3.63, 3.8) is 0 Å². The summed E-state index contributed by atoms with van der Waals surface area (Å²) in [6.45, 7) is 4.00. The minimum atomic E-state index is -0.549. The summed E-state index contributed by atoms with van der Waals surface area (Å²) in [6, 6.07) is 9.08. The lowest BCUT2D eigenvalue weighted by atomic mass is 10.1. The Morgan fingerprint density at radius 1 is 1.27 bits per heavy atom. The van der Waals surface area contributed by atoms with E-state index in [2.05, 4.69) is 20.3 Å². The number of carbonyl (C=O) groups is 2. The number of nitrogens with one attached hydrogen (secondary N) is 1. The number of carbonyl (C=O) groups excluding carboxylic acids is 2. The van der Waals surface area contributed by atoms with Crippen LogP contribution >= 0.6 is 11.3 Å². The number of nitrogens with zero attached hydrogens (tertiary/aromatic N) is 4. The van der Waals surface area contributed by atoms with Crippen LogP contribution < -0.4 is 11.1 Å². The lowest BCUT2D eigenvalue weighted by Crippen LogP contribution is -2.23. The number of benzene rings is 1. The molecule has 33 heavy (non-hydrogen) atoms. The third kappa shape index (κ3) is 5.07. The molecule has 0 fully saturated rings. The molecule has 0 radical (unpaired) electrons. The highest BCUT2D eigenvalue weighted by Crippen LogP contribution is 2.24. The van der Waals surface area contributed by atoms with Crippen LogP contribution in [0.4, 0.5) is 5.13 Å². The molecular weight excluding hydrogens is 440 g/mol. The number of pyridine rings is 1. The molecular formula is C23H24N6O3S. The summed E-state index contributed by atoms with van der Waals surface area (Å²) in [5.74, 6) is -0.602. The molecule has 10 heteroatoms. The third-order valence-corrected chi connectivity index (χ3v) is 5.80.